The predicted octanol–water partition coefficient (Wildman–Crippen LogP) is 5.10. The highest BCUT2D eigenvalue weighted by molar-refractivity contribution is 5.94. The van der Waals surface area contributed by atoms with Crippen molar-refractivity contribution < 1.29 is 9.59 Å². The first-order valence-electron chi connectivity index (χ1n) is 13.1. The molecule has 1 unspecified atom stereocenters. The zero-order valence-electron chi connectivity index (χ0n) is 21.2. The molecule has 0 aromatic heterocycles. The minimum Gasteiger partial charge on any atom is -0.348 e. The monoisotopic (exact) mass is 483 g/mol. The first-order valence-corrected chi connectivity index (χ1v) is 13.1. The van der Waals surface area contributed by atoms with Crippen LogP contribution in [0.5, 0.6) is 0 Å². The molecule has 1 fully saturated rings. The van der Waals surface area contributed by atoms with Crippen molar-refractivity contribution in [2.75, 3.05) is 26.2 Å². The van der Waals surface area contributed by atoms with Gasteiger partial charge < -0.3 is 10.2 Å². The van der Waals surface area contributed by atoms with E-state index >= 15 is 0 Å². The van der Waals surface area contributed by atoms with E-state index in [0.717, 1.165) is 56.4 Å². The van der Waals surface area contributed by atoms with E-state index in [-0.39, 0.29) is 17.9 Å². The molecule has 0 saturated carbocycles. The van der Waals surface area contributed by atoms with E-state index in [4.69, 9.17) is 0 Å². The number of carbonyl (C=O) groups is 2. The molecule has 1 aliphatic heterocycles. The second-order valence-electron chi connectivity index (χ2n) is 9.58. The second kappa shape index (κ2) is 13.0. The number of hydrogen-bond donors (Lipinski definition) is 1. The average molecular weight is 484 g/mol. The fraction of sp³-hybridized carbons (Fsp3) is 0.355. The lowest BCUT2D eigenvalue weighted by Crippen LogP contribution is -2.50. The Morgan fingerprint density at radius 3 is 2.08 bits per heavy atom. The summed E-state index contributed by atoms with van der Waals surface area (Å²) in [5.41, 5.74) is 3.06. The molecule has 3 aromatic carbocycles. The summed E-state index contributed by atoms with van der Waals surface area (Å²) >= 11 is 0. The summed E-state index contributed by atoms with van der Waals surface area (Å²) in [6.45, 7) is 4.85. The molecule has 4 rings (SSSR count). The lowest BCUT2D eigenvalue weighted by molar-refractivity contribution is -0.123. The largest absolute Gasteiger partial charge is 0.348 e. The average Bonchev–Trinajstić information content (AvgIpc) is 2.94. The zero-order valence-corrected chi connectivity index (χ0v) is 21.2. The van der Waals surface area contributed by atoms with Gasteiger partial charge >= 0.3 is 0 Å². The van der Waals surface area contributed by atoms with Crippen LogP contribution in [0.2, 0.25) is 0 Å². The van der Waals surface area contributed by atoms with Crippen molar-refractivity contribution in [1.29, 1.82) is 0 Å². The normalized spacial score (nSPS) is 15.0. The van der Waals surface area contributed by atoms with Crippen molar-refractivity contribution in [3.8, 4) is 0 Å². The summed E-state index contributed by atoms with van der Waals surface area (Å²) in [6.07, 6.45) is 3.52. The van der Waals surface area contributed by atoms with Crippen molar-refractivity contribution in [2.24, 2.45) is 0 Å². The van der Waals surface area contributed by atoms with Crippen LogP contribution in [0.25, 0.3) is 0 Å². The van der Waals surface area contributed by atoms with Crippen LogP contribution in [-0.2, 0) is 11.2 Å². The molecule has 0 bridgehead atoms. The third-order valence-electron chi connectivity index (χ3n) is 6.97. The minimum atomic E-state index is -0.0742. The lowest BCUT2D eigenvalue weighted by Gasteiger charge is -2.38. The van der Waals surface area contributed by atoms with E-state index in [9.17, 15) is 9.59 Å². The van der Waals surface area contributed by atoms with Gasteiger partial charge in [0.05, 0.1) is 12.6 Å². The van der Waals surface area contributed by atoms with E-state index in [1.807, 2.05) is 71.6 Å². The van der Waals surface area contributed by atoms with Gasteiger partial charge in [-0.2, -0.15) is 0 Å². The lowest BCUT2D eigenvalue weighted by atomic mass is 9.98. The van der Waals surface area contributed by atoms with E-state index < -0.39 is 0 Å². The molecule has 5 nitrogen and oxygen atoms in total. The van der Waals surface area contributed by atoms with Crippen molar-refractivity contribution in [2.45, 2.75) is 44.7 Å². The number of benzene rings is 3. The van der Waals surface area contributed by atoms with E-state index in [2.05, 4.69) is 41.4 Å². The summed E-state index contributed by atoms with van der Waals surface area (Å²) in [6, 6.07) is 30.2. The maximum Gasteiger partial charge on any atom is 0.253 e. The first kappa shape index (κ1) is 25.6. The molecule has 0 aliphatic carbocycles. The van der Waals surface area contributed by atoms with Crippen LogP contribution in [0.15, 0.2) is 91.0 Å². The van der Waals surface area contributed by atoms with Gasteiger partial charge in [0, 0.05) is 24.7 Å². The molecule has 5 heteroatoms. The number of hydrogen-bond acceptors (Lipinski definition) is 3. The van der Waals surface area contributed by atoms with Gasteiger partial charge in [0.25, 0.3) is 5.91 Å². The van der Waals surface area contributed by atoms with Gasteiger partial charge in [0.15, 0.2) is 0 Å². The van der Waals surface area contributed by atoms with Crippen LogP contribution in [-0.4, -0.2) is 53.8 Å². The SMILES string of the molecule is CCCN(CC(=O)NC(Cc1ccccc1)c1ccccc1)C1CCN(C(=O)c2ccccc2)CC1. The highest BCUT2D eigenvalue weighted by atomic mass is 16.2. The van der Waals surface area contributed by atoms with Gasteiger partial charge in [-0.05, 0) is 55.5 Å². The fourth-order valence-electron chi connectivity index (χ4n) is 5.09. The van der Waals surface area contributed by atoms with Crippen molar-refractivity contribution in [1.82, 2.24) is 15.1 Å². The van der Waals surface area contributed by atoms with Crippen LogP contribution >= 0.6 is 0 Å². The van der Waals surface area contributed by atoms with Crippen LogP contribution in [0.3, 0.4) is 0 Å². The van der Waals surface area contributed by atoms with Crippen molar-refractivity contribution in [3.05, 3.63) is 108 Å². The standard InChI is InChI=1S/C31H37N3O2/c1-2-20-34(28-18-21-33(22-19-28)31(36)27-16-10-5-11-17-27)24-30(35)32-29(26-14-8-4-9-15-26)23-25-12-6-3-7-13-25/h3-17,28-29H,2,18-24H2,1H3,(H,32,35). The van der Waals surface area contributed by atoms with E-state index in [1.54, 1.807) is 0 Å². The van der Waals surface area contributed by atoms with E-state index in [1.165, 1.54) is 5.56 Å². The fourth-order valence-corrected chi connectivity index (χ4v) is 5.09. The van der Waals surface area contributed by atoms with Gasteiger partial charge in [-0.3, -0.25) is 14.5 Å². The van der Waals surface area contributed by atoms with E-state index in [0.29, 0.717) is 12.6 Å². The molecule has 3 aromatic rings. The molecule has 1 atom stereocenters. The third kappa shape index (κ3) is 7.05. The number of nitrogens with zero attached hydrogens (tertiary/aromatic N) is 2. The number of nitrogens with one attached hydrogen (secondary N) is 1. The molecule has 0 radical (unpaired) electrons. The van der Waals surface area contributed by atoms with Gasteiger partial charge in [-0.1, -0.05) is 85.8 Å². The smallest absolute Gasteiger partial charge is 0.253 e. The summed E-state index contributed by atoms with van der Waals surface area (Å²) in [4.78, 5) is 30.4. The number of likely N-dealkylation sites (tertiary alicyclic amines) is 1. The number of amides is 2. The molecule has 0 spiro atoms. The molecule has 1 heterocycles. The maximum absolute atomic E-state index is 13.3. The molecule has 36 heavy (non-hydrogen) atoms. The molecule has 1 aliphatic rings. The molecular weight excluding hydrogens is 446 g/mol. The summed E-state index contributed by atoms with van der Waals surface area (Å²) in [5, 5.41) is 3.31. The molecule has 1 saturated heterocycles. The quantitative estimate of drug-likeness (QED) is 0.436. The topological polar surface area (TPSA) is 52.7 Å². The minimum absolute atomic E-state index is 0.0519. The Labute approximate surface area is 215 Å². The number of carbonyl (C=O) groups excluding carboxylic acids is 2. The van der Waals surface area contributed by atoms with Crippen LogP contribution < -0.4 is 5.32 Å². The van der Waals surface area contributed by atoms with Gasteiger partial charge in [-0.15, -0.1) is 0 Å². The Balaban J connectivity index is 1.37. The molecule has 188 valence electrons. The van der Waals surface area contributed by atoms with Gasteiger partial charge in [0.1, 0.15) is 0 Å². The van der Waals surface area contributed by atoms with Crippen LogP contribution in [0, 0.1) is 0 Å². The summed E-state index contributed by atoms with van der Waals surface area (Å²) in [7, 11) is 0. The first-order chi connectivity index (χ1) is 17.6. The van der Waals surface area contributed by atoms with Gasteiger partial charge in [0.2, 0.25) is 5.91 Å². The second-order valence-corrected chi connectivity index (χ2v) is 9.58. The molecule has 1 N–H and O–H groups in total. The van der Waals surface area contributed by atoms with Crippen molar-refractivity contribution in [3.63, 3.8) is 0 Å². The zero-order chi connectivity index (χ0) is 25.2. The third-order valence-corrected chi connectivity index (χ3v) is 6.97. The molecular formula is C31H37N3O2. The maximum atomic E-state index is 13.3. The Kier molecular flexibility index (Phi) is 9.28. The summed E-state index contributed by atoms with van der Waals surface area (Å²) in [5.74, 6) is 0.150. The number of piperidine rings is 1. The predicted molar refractivity (Wildman–Crippen MR) is 145 cm³/mol. The van der Waals surface area contributed by atoms with Gasteiger partial charge in [-0.25, -0.2) is 0 Å². The number of rotatable bonds is 10. The Morgan fingerprint density at radius 1 is 0.889 bits per heavy atom. The Bertz CT molecular complexity index is 1080. The van der Waals surface area contributed by atoms with Crippen LogP contribution in [0.4, 0.5) is 0 Å². The Morgan fingerprint density at radius 2 is 1.47 bits per heavy atom. The van der Waals surface area contributed by atoms with Crippen molar-refractivity contribution >= 4 is 11.8 Å². The van der Waals surface area contributed by atoms with Crippen LogP contribution in [0.1, 0.15) is 53.7 Å². The highest BCUT2D eigenvalue weighted by Crippen LogP contribution is 2.21. The molecule has 2 amide bonds. The summed E-state index contributed by atoms with van der Waals surface area (Å²) < 4.78 is 0. The highest BCUT2D eigenvalue weighted by Gasteiger charge is 2.28. The Hall–Kier alpha value is -3.44.